The Morgan fingerprint density at radius 2 is 1.95 bits per heavy atom. The minimum Gasteiger partial charge on any atom is -0.389 e. The third kappa shape index (κ3) is 4.30. The van der Waals surface area contributed by atoms with Gasteiger partial charge in [-0.25, -0.2) is 0 Å². The quantitative estimate of drug-likeness (QED) is 0.796. The molecule has 19 heavy (non-hydrogen) atoms. The van der Waals surface area contributed by atoms with Crippen LogP contribution in [0.4, 0.5) is 0 Å². The molecule has 1 saturated carbocycles. The first-order valence-electron chi connectivity index (χ1n) is 7.60. The fourth-order valence-electron chi connectivity index (χ4n) is 3.00. The maximum atomic E-state index is 10.7. The highest BCUT2D eigenvalue weighted by Gasteiger charge is 2.29. The maximum Gasteiger partial charge on any atom is 0.0771 e. The average Bonchev–Trinajstić information content (AvgIpc) is 2.79. The second-order valence-electron chi connectivity index (χ2n) is 6.26. The van der Waals surface area contributed by atoms with Gasteiger partial charge in [-0.3, -0.25) is 0 Å². The zero-order valence-electron chi connectivity index (χ0n) is 12.2. The highest BCUT2D eigenvalue weighted by atomic mass is 32.1. The second-order valence-corrected chi connectivity index (χ2v) is 7.24. The van der Waals surface area contributed by atoms with Crippen molar-refractivity contribution in [1.29, 1.82) is 0 Å². The molecule has 2 rings (SSSR count). The molecule has 0 spiro atoms. The fraction of sp³-hybridized carbons (Fsp3) is 0.750. The number of aliphatic hydroxyl groups is 1. The summed E-state index contributed by atoms with van der Waals surface area (Å²) < 4.78 is 0. The summed E-state index contributed by atoms with van der Waals surface area (Å²) in [5.74, 6) is 0.549. The van der Waals surface area contributed by atoms with Gasteiger partial charge in [-0.1, -0.05) is 45.6 Å². The molecule has 1 aliphatic rings. The maximum absolute atomic E-state index is 10.7. The van der Waals surface area contributed by atoms with Gasteiger partial charge < -0.3 is 10.4 Å². The van der Waals surface area contributed by atoms with Crippen LogP contribution in [-0.4, -0.2) is 17.3 Å². The van der Waals surface area contributed by atoms with Crippen molar-refractivity contribution in [2.45, 2.75) is 64.0 Å². The molecule has 0 aromatic carbocycles. The molecule has 0 saturated heterocycles. The summed E-state index contributed by atoms with van der Waals surface area (Å²) >= 11 is 1.80. The normalized spacial score (nSPS) is 21.3. The minimum absolute atomic E-state index is 0.368. The third-order valence-electron chi connectivity index (χ3n) is 4.20. The molecule has 1 aromatic rings. The lowest BCUT2D eigenvalue weighted by atomic mass is 9.93. The van der Waals surface area contributed by atoms with Gasteiger partial charge in [-0.2, -0.15) is 0 Å². The van der Waals surface area contributed by atoms with Crippen molar-refractivity contribution in [2.24, 2.45) is 5.92 Å². The molecule has 0 radical (unpaired) electrons. The van der Waals surface area contributed by atoms with E-state index in [0.717, 1.165) is 19.4 Å². The molecule has 108 valence electrons. The summed E-state index contributed by atoms with van der Waals surface area (Å²) in [6.07, 6.45) is 6.80. The first-order chi connectivity index (χ1) is 9.11. The lowest BCUT2D eigenvalue weighted by Crippen LogP contribution is -2.42. The molecule has 3 heteroatoms. The molecule has 1 heterocycles. The first-order valence-corrected chi connectivity index (χ1v) is 8.48. The predicted octanol–water partition coefficient (Wildman–Crippen LogP) is 4.12. The van der Waals surface area contributed by atoms with Gasteiger partial charge in [0.1, 0.15) is 0 Å². The lowest BCUT2D eigenvalue weighted by molar-refractivity contribution is 0.0213. The smallest absolute Gasteiger partial charge is 0.0771 e. The molecule has 1 atom stereocenters. The Morgan fingerprint density at radius 3 is 2.47 bits per heavy atom. The molecule has 0 bridgehead atoms. The highest BCUT2D eigenvalue weighted by molar-refractivity contribution is 7.10. The van der Waals surface area contributed by atoms with Gasteiger partial charge in [0.15, 0.2) is 0 Å². The summed E-state index contributed by atoms with van der Waals surface area (Å²) in [7, 11) is 0. The van der Waals surface area contributed by atoms with Crippen molar-refractivity contribution >= 4 is 11.3 Å². The summed E-state index contributed by atoms with van der Waals surface area (Å²) in [6, 6.07) is 4.67. The molecule has 2 N–H and O–H groups in total. The molecule has 2 nitrogen and oxygen atoms in total. The van der Waals surface area contributed by atoms with Crippen LogP contribution < -0.4 is 5.32 Å². The Kier molecular flexibility index (Phi) is 5.43. The minimum atomic E-state index is -0.485. The molecule has 1 unspecified atom stereocenters. The average molecular weight is 281 g/mol. The molecule has 1 aromatic heterocycles. The Labute approximate surface area is 121 Å². The van der Waals surface area contributed by atoms with Crippen molar-refractivity contribution in [1.82, 2.24) is 5.32 Å². The van der Waals surface area contributed by atoms with E-state index in [1.54, 1.807) is 11.3 Å². The van der Waals surface area contributed by atoms with Gasteiger partial charge in [0.05, 0.1) is 5.60 Å². The van der Waals surface area contributed by atoms with Gasteiger partial charge in [0.2, 0.25) is 0 Å². The number of rotatable bonds is 5. The standard InChI is InChI=1S/C16H27NOS/c1-13(2)15(14-8-7-11-19-14)17-12-16(18)9-5-3-4-6-10-16/h7-8,11,13,15,17-18H,3-6,9-10,12H2,1-2H3. The largest absolute Gasteiger partial charge is 0.389 e. The third-order valence-corrected chi connectivity index (χ3v) is 5.16. The van der Waals surface area contributed by atoms with E-state index in [-0.39, 0.29) is 0 Å². The van der Waals surface area contributed by atoms with Gasteiger partial charge in [-0.05, 0) is 30.2 Å². The van der Waals surface area contributed by atoms with E-state index in [1.165, 1.54) is 30.6 Å². The van der Waals surface area contributed by atoms with Crippen molar-refractivity contribution in [3.63, 3.8) is 0 Å². The van der Waals surface area contributed by atoms with Crippen molar-refractivity contribution < 1.29 is 5.11 Å². The van der Waals surface area contributed by atoms with Gasteiger partial charge in [0, 0.05) is 17.5 Å². The second kappa shape index (κ2) is 6.87. The van der Waals surface area contributed by atoms with E-state index in [9.17, 15) is 5.11 Å². The van der Waals surface area contributed by atoms with Crippen LogP contribution in [0.15, 0.2) is 17.5 Å². The zero-order chi connectivity index (χ0) is 13.7. The van der Waals surface area contributed by atoms with Gasteiger partial charge >= 0.3 is 0 Å². The van der Waals surface area contributed by atoms with Gasteiger partial charge in [0.25, 0.3) is 0 Å². The molecule has 0 aliphatic heterocycles. The molecule has 0 amide bonds. The van der Waals surface area contributed by atoms with Crippen LogP contribution in [0.2, 0.25) is 0 Å². The van der Waals surface area contributed by atoms with Crippen LogP contribution in [0, 0.1) is 5.92 Å². The first kappa shape index (κ1) is 15.0. The SMILES string of the molecule is CC(C)C(NCC1(O)CCCCCC1)c1cccs1. The Bertz CT molecular complexity index is 353. The predicted molar refractivity (Wildman–Crippen MR) is 82.6 cm³/mol. The number of hydrogen-bond acceptors (Lipinski definition) is 3. The van der Waals surface area contributed by atoms with Crippen LogP contribution >= 0.6 is 11.3 Å². The van der Waals surface area contributed by atoms with Crippen molar-refractivity contribution in [2.75, 3.05) is 6.54 Å². The van der Waals surface area contributed by atoms with Crippen LogP contribution in [0.25, 0.3) is 0 Å². The Balaban J connectivity index is 1.94. The van der Waals surface area contributed by atoms with E-state index in [2.05, 4.69) is 36.7 Å². The van der Waals surface area contributed by atoms with Crippen molar-refractivity contribution in [3.05, 3.63) is 22.4 Å². The van der Waals surface area contributed by atoms with Crippen LogP contribution in [0.3, 0.4) is 0 Å². The molecule has 1 fully saturated rings. The van der Waals surface area contributed by atoms with Crippen molar-refractivity contribution in [3.8, 4) is 0 Å². The monoisotopic (exact) mass is 281 g/mol. The van der Waals surface area contributed by atoms with Crippen LogP contribution in [0.1, 0.15) is 63.3 Å². The zero-order valence-corrected chi connectivity index (χ0v) is 13.0. The molecule has 1 aliphatic carbocycles. The molecular weight excluding hydrogens is 254 g/mol. The summed E-state index contributed by atoms with van der Waals surface area (Å²) in [5.41, 5.74) is -0.485. The van der Waals surface area contributed by atoms with E-state index in [4.69, 9.17) is 0 Å². The Hall–Kier alpha value is -0.380. The van der Waals surface area contributed by atoms with E-state index >= 15 is 0 Å². The lowest BCUT2D eigenvalue weighted by Gasteiger charge is -2.31. The van der Waals surface area contributed by atoms with E-state index < -0.39 is 5.60 Å². The summed E-state index contributed by atoms with van der Waals surface area (Å²) in [6.45, 7) is 5.22. The molecular formula is C16H27NOS. The number of nitrogens with one attached hydrogen (secondary N) is 1. The van der Waals surface area contributed by atoms with E-state index in [1.807, 2.05) is 0 Å². The highest BCUT2D eigenvalue weighted by Crippen LogP contribution is 2.30. The fourth-order valence-corrected chi connectivity index (χ4v) is 3.97. The van der Waals surface area contributed by atoms with Crippen LogP contribution in [-0.2, 0) is 0 Å². The summed E-state index contributed by atoms with van der Waals surface area (Å²) in [5, 5.41) is 16.5. The Morgan fingerprint density at radius 1 is 1.26 bits per heavy atom. The van der Waals surface area contributed by atoms with E-state index in [0.29, 0.717) is 12.0 Å². The van der Waals surface area contributed by atoms with Crippen LogP contribution in [0.5, 0.6) is 0 Å². The van der Waals surface area contributed by atoms with Gasteiger partial charge in [-0.15, -0.1) is 11.3 Å². The number of thiophene rings is 1. The summed E-state index contributed by atoms with van der Waals surface area (Å²) in [4.78, 5) is 1.38. The topological polar surface area (TPSA) is 32.3 Å². The number of hydrogen-bond donors (Lipinski definition) is 2.